The minimum atomic E-state index is -0.0131. The molecular weight excluding hydrogens is 419 g/mol. The molecule has 3 N–H and O–H groups in total. The first-order chi connectivity index (χ1) is 11.2. The van der Waals surface area contributed by atoms with Crippen LogP contribution in [0.4, 0.5) is 0 Å². The standard InChI is InChI=1S/C17H24N4O2.HI/c1-19-16(20-11-15-4-2-14(10-18)3-5-15)21-12-17(6-8-22)7-9-23-13-17;/h2-5,22H,6-9,11-13H2,1H3,(H2,19,20,21);1H. The predicted octanol–water partition coefficient (Wildman–Crippen LogP) is 1.63. The number of hydrogen-bond acceptors (Lipinski definition) is 4. The van der Waals surface area contributed by atoms with Gasteiger partial charge in [0.1, 0.15) is 0 Å². The van der Waals surface area contributed by atoms with Crippen molar-refractivity contribution < 1.29 is 9.84 Å². The smallest absolute Gasteiger partial charge is 0.191 e. The van der Waals surface area contributed by atoms with Crippen LogP contribution in [0.25, 0.3) is 0 Å². The molecule has 1 unspecified atom stereocenters. The Kier molecular flexibility index (Phi) is 9.03. The van der Waals surface area contributed by atoms with Crippen molar-refractivity contribution in [2.75, 3.05) is 33.4 Å². The van der Waals surface area contributed by atoms with Crippen LogP contribution in [0.5, 0.6) is 0 Å². The number of ether oxygens (including phenoxy) is 1. The zero-order valence-corrected chi connectivity index (χ0v) is 16.2. The van der Waals surface area contributed by atoms with Crippen molar-refractivity contribution in [2.45, 2.75) is 19.4 Å². The highest BCUT2D eigenvalue weighted by atomic mass is 127. The lowest BCUT2D eigenvalue weighted by Gasteiger charge is -2.27. The molecule has 1 saturated heterocycles. The van der Waals surface area contributed by atoms with Crippen molar-refractivity contribution in [3.63, 3.8) is 0 Å². The second kappa shape index (κ2) is 10.5. The molecule has 1 aromatic rings. The van der Waals surface area contributed by atoms with Gasteiger partial charge < -0.3 is 20.5 Å². The van der Waals surface area contributed by atoms with Crippen LogP contribution in [0.2, 0.25) is 0 Å². The number of aliphatic imine (C=N–C) groups is 1. The Morgan fingerprint density at radius 3 is 2.67 bits per heavy atom. The number of nitriles is 1. The van der Waals surface area contributed by atoms with Gasteiger partial charge in [-0.25, -0.2) is 0 Å². The highest BCUT2D eigenvalue weighted by molar-refractivity contribution is 14.0. The molecular formula is C17H25IN4O2. The molecule has 0 aliphatic carbocycles. The van der Waals surface area contributed by atoms with Crippen molar-refractivity contribution in [1.82, 2.24) is 10.6 Å². The van der Waals surface area contributed by atoms with E-state index in [4.69, 9.17) is 10.00 Å². The van der Waals surface area contributed by atoms with E-state index < -0.39 is 0 Å². The molecule has 1 fully saturated rings. The normalized spacial score (nSPS) is 20.1. The van der Waals surface area contributed by atoms with Crippen LogP contribution in [0, 0.1) is 16.7 Å². The third-order valence-corrected chi connectivity index (χ3v) is 4.22. The van der Waals surface area contributed by atoms with Gasteiger partial charge in [0, 0.05) is 38.8 Å². The van der Waals surface area contributed by atoms with Crippen molar-refractivity contribution in [2.24, 2.45) is 10.4 Å². The van der Waals surface area contributed by atoms with Crippen molar-refractivity contribution in [3.8, 4) is 6.07 Å². The fourth-order valence-corrected chi connectivity index (χ4v) is 2.69. The SMILES string of the molecule is CN=C(NCc1ccc(C#N)cc1)NCC1(CCO)CCOC1.I. The Morgan fingerprint density at radius 1 is 1.38 bits per heavy atom. The third-order valence-electron chi connectivity index (χ3n) is 4.22. The van der Waals surface area contributed by atoms with Crippen LogP contribution >= 0.6 is 24.0 Å². The summed E-state index contributed by atoms with van der Waals surface area (Å²) in [5, 5.41) is 24.6. The average Bonchev–Trinajstić information content (AvgIpc) is 3.05. The van der Waals surface area contributed by atoms with Crippen LogP contribution in [0.15, 0.2) is 29.3 Å². The summed E-state index contributed by atoms with van der Waals surface area (Å²) in [4.78, 5) is 4.23. The third kappa shape index (κ3) is 5.92. The molecule has 6 nitrogen and oxygen atoms in total. The molecule has 0 spiro atoms. The maximum atomic E-state index is 9.26. The summed E-state index contributed by atoms with van der Waals surface area (Å²) >= 11 is 0. The van der Waals surface area contributed by atoms with Crippen LogP contribution in [0.3, 0.4) is 0 Å². The first-order valence-electron chi connectivity index (χ1n) is 7.83. The number of nitrogens with zero attached hydrogens (tertiary/aromatic N) is 2. The summed E-state index contributed by atoms with van der Waals surface area (Å²) in [5.41, 5.74) is 1.73. The Balaban J connectivity index is 0.00000288. The van der Waals surface area contributed by atoms with E-state index >= 15 is 0 Å². The van der Waals surface area contributed by atoms with Gasteiger partial charge in [-0.2, -0.15) is 5.26 Å². The first kappa shape index (κ1) is 20.7. The van der Waals surface area contributed by atoms with Crippen LogP contribution in [-0.2, 0) is 11.3 Å². The molecule has 0 radical (unpaired) electrons. The monoisotopic (exact) mass is 444 g/mol. The Labute approximate surface area is 160 Å². The summed E-state index contributed by atoms with van der Waals surface area (Å²) < 4.78 is 5.49. The average molecular weight is 444 g/mol. The van der Waals surface area contributed by atoms with Gasteiger partial charge in [0.15, 0.2) is 5.96 Å². The van der Waals surface area contributed by atoms with Gasteiger partial charge in [-0.3, -0.25) is 4.99 Å². The lowest BCUT2D eigenvalue weighted by atomic mass is 9.84. The predicted molar refractivity (Wildman–Crippen MR) is 104 cm³/mol. The lowest BCUT2D eigenvalue weighted by Crippen LogP contribution is -2.44. The van der Waals surface area contributed by atoms with Crippen molar-refractivity contribution in [3.05, 3.63) is 35.4 Å². The van der Waals surface area contributed by atoms with Crippen LogP contribution < -0.4 is 10.6 Å². The second-order valence-corrected chi connectivity index (χ2v) is 5.86. The largest absolute Gasteiger partial charge is 0.396 e. The van der Waals surface area contributed by atoms with E-state index in [2.05, 4.69) is 21.7 Å². The molecule has 1 atom stereocenters. The van der Waals surface area contributed by atoms with Gasteiger partial charge in [0.05, 0.1) is 18.2 Å². The maximum Gasteiger partial charge on any atom is 0.191 e. The van der Waals surface area contributed by atoms with Gasteiger partial charge in [-0.05, 0) is 30.5 Å². The van der Waals surface area contributed by atoms with Gasteiger partial charge in [0.25, 0.3) is 0 Å². The molecule has 1 aromatic carbocycles. The van der Waals surface area contributed by atoms with Crippen molar-refractivity contribution in [1.29, 1.82) is 5.26 Å². The molecule has 1 heterocycles. The minimum absolute atomic E-state index is 0. The number of aliphatic hydroxyl groups excluding tert-OH is 1. The van der Waals surface area contributed by atoms with Crippen LogP contribution in [-0.4, -0.2) is 44.5 Å². The number of nitrogens with one attached hydrogen (secondary N) is 2. The molecule has 7 heteroatoms. The summed E-state index contributed by atoms with van der Waals surface area (Å²) in [5.74, 6) is 0.721. The van der Waals surface area contributed by atoms with E-state index in [1.807, 2.05) is 12.1 Å². The highest BCUT2D eigenvalue weighted by Gasteiger charge is 2.34. The fourth-order valence-electron chi connectivity index (χ4n) is 2.69. The van der Waals surface area contributed by atoms with E-state index in [1.165, 1.54) is 0 Å². The summed E-state index contributed by atoms with van der Waals surface area (Å²) in [6.45, 7) is 2.95. The molecule has 2 rings (SSSR count). The van der Waals surface area contributed by atoms with E-state index in [0.29, 0.717) is 18.7 Å². The number of benzene rings is 1. The topological polar surface area (TPSA) is 89.7 Å². The molecule has 0 bridgehead atoms. The Hall–Kier alpha value is -1.37. The first-order valence-corrected chi connectivity index (χ1v) is 7.83. The van der Waals surface area contributed by atoms with Gasteiger partial charge >= 0.3 is 0 Å². The van der Waals surface area contributed by atoms with Gasteiger partial charge in [0.2, 0.25) is 0 Å². The van der Waals surface area contributed by atoms with Crippen molar-refractivity contribution >= 4 is 29.9 Å². The number of hydrogen-bond donors (Lipinski definition) is 3. The maximum absolute atomic E-state index is 9.26. The highest BCUT2D eigenvalue weighted by Crippen LogP contribution is 2.31. The molecule has 0 amide bonds. The van der Waals surface area contributed by atoms with Crippen LogP contribution in [0.1, 0.15) is 24.0 Å². The Morgan fingerprint density at radius 2 is 2.12 bits per heavy atom. The second-order valence-electron chi connectivity index (χ2n) is 5.86. The van der Waals surface area contributed by atoms with E-state index in [1.54, 1.807) is 19.2 Å². The molecule has 1 aliphatic rings. The molecule has 0 aromatic heterocycles. The lowest BCUT2D eigenvalue weighted by molar-refractivity contribution is 0.127. The molecule has 24 heavy (non-hydrogen) atoms. The number of aliphatic hydroxyl groups is 1. The number of halogens is 1. The van der Waals surface area contributed by atoms with E-state index in [0.717, 1.165) is 37.5 Å². The van der Waals surface area contributed by atoms with E-state index in [-0.39, 0.29) is 36.0 Å². The molecule has 132 valence electrons. The van der Waals surface area contributed by atoms with E-state index in [9.17, 15) is 5.11 Å². The minimum Gasteiger partial charge on any atom is -0.396 e. The summed E-state index contributed by atoms with van der Waals surface area (Å²) in [6, 6.07) is 9.57. The number of guanidine groups is 1. The molecule has 1 aliphatic heterocycles. The molecule has 0 saturated carbocycles. The zero-order valence-electron chi connectivity index (χ0n) is 13.9. The van der Waals surface area contributed by atoms with Gasteiger partial charge in [-0.1, -0.05) is 12.1 Å². The fraction of sp³-hybridized carbons (Fsp3) is 0.529. The summed E-state index contributed by atoms with van der Waals surface area (Å²) in [7, 11) is 1.73. The van der Waals surface area contributed by atoms with Gasteiger partial charge in [-0.15, -0.1) is 24.0 Å². The zero-order chi connectivity index (χ0) is 16.5. The number of rotatable bonds is 6. The Bertz CT molecular complexity index is 563. The quantitative estimate of drug-likeness (QED) is 0.353. The summed E-state index contributed by atoms with van der Waals surface area (Å²) in [6.07, 6.45) is 1.68.